The van der Waals surface area contributed by atoms with E-state index in [2.05, 4.69) is 13.8 Å². The first kappa shape index (κ1) is 28.0. The number of aliphatic carboxylic acids is 2. The fraction of sp³-hybridized carbons (Fsp3) is 0.741. The van der Waals surface area contributed by atoms with Crippen molar-refractivity contribution in [3.63, 3.8) is 0 Å². The molecule has 4 rings (SSSR count). The third kappa shape index (κ3) is 5.71. The number of ether oxygens (including phenoxy) is 1. The highest BCUT2D eigenvalue weighted by atomic mass is 16.5. The van der Waals surface area contributed by atoms with Crippen LogP contribution in [-0.4, -0.2) is 51.8 Å². The summed E-state index contributed by atoms with van der Waals surface area (Å²) >= 11 is 0. The molecule has 4 aliphatic rings. The van der Waals surface area contributed by atoms with Crippen LogP contribution in [0.2, 0.25) is 0 Å². The lowest BCUT2D eigenvalue weighted by atomic mass is 9.45. The topological polar surface area (TPSA) is 161 Å². The van der Waals surface area contributed by atoms with Crippen LogP contribution >= 0.6 is 0 Å². The number of carbonyl (C=O) groups is 5. The molecule has 0 aromatic rings. The molecular weight excluding hydrogens is 466 g/mol. The van der Waals surface area contributed by atoms with Crippen LogP contribution in [0.1, 0.15) is 78.6 Å². The van der Waals surface area contributed by atoms with Crippen LogP contribution in [0.5, 0.6) is 0 Å². The van der Waals surface area contributed by atoms with Gasteiger partial charge in [-0.3, -0.25) is 14.4 Å². The third-order valence-corrected chi connectivity index (χ3v) is 9.27. The first-order valence-electron chi connectivity index (χ1n) is 12.9. The van der Waals surface area contributed by atoms with Gasteiger partial charge in [0.1, 0.15) is 17.7 Å². The van der Waals surface area contributed by atoms with Crippen molar-refractivity contribution in [2.75, 3.05) is 0 Å². The fourth-order valence-corrected chi connectivity index (χ4v) is 7.52. The summed E-state index contributed by atoms with van der Waals surface area (Å²) in [5.41, 5.74) is 5.49. The number of hydrogen-bond donors (Lipinski definition) is 3. The average Bonchev–Trinajstić information content (AvgIpc) is 3.08. The van der Waals surface area contributed by atoms with E-state index in [1.165, 1.54) is 0 Å². The lowest BCUT2D eigenvalue weighted by Crippen LogP contribution is -2.57. The predicted octanol–water partition coefficient (Wildman–Crippen LogP) is 3.14. The number of nitrogens with two attached hydrogens (primary N) is 1. The standard InChI is InChI=1S/C23H35NO4.C4H4O4/c1-13(24)10-21(27)28-14-6-8-22(2)17-7-9-23(3)16(4-5-20(23)26)15(17)12-19(25)18(22)11-14;5-3(6)1-2-4(7)8/h13-18H,4-12,24H2,1-3H3;1-2H,(H,5,6)(H,7,8)/b;2-1+/t13?,14-,15-,16-,17-,18?,22+,23-;/m0./s1. The second kappa shape index (κ2) is 10.8. The normalized spacial score (nSPS) is 38.2. The van der Waals surface area contributed by atoms with E-state index in [9.17, 15) is 24.0 Å². The molecule has 0 radical (unpaired) electrons. The van der Waals surface area contributed by atoms with E-state index in [4.69, 9.17) is 20.7 Å². The molecule has 0 bridgehead atoms. The van der Waals surface area contributed by atoms with Crippen LogP contribution in [0.15, 0.2) is 12.2 Å². The molecule has 2 unspecified atom stereocenters. The lowest BCUT2D eigenvalue weighted by Gasteiger charge is -2.59. The fourth-order valence-electron chi connectivity index (χ4n) is 7.52. The maximum absolute atomic E-state index is 13.2. The Balaban J connectivity index is 0.000000392. The van der Waals surface area contributed by atoms with Crippen molar-refractivity contribution in [3.8, 4) is 0 Å². The second-order valence-electron chi connectivity index (χ2n) is 11.6. The summed E-state index contributed by atoms with van der Waals surface area (Å²) in [5.74, 6) is -0.779. The molecule has 9 nitrogen and oxygen atoms in total. The minimum atomic E-state index is -1.26. The van der Waals surface area contributed by atoms with Gasteiger partial charge in [-0.2, -0.15) is 0 Å². The SMILES string of the molecule is CC(N)CC(=O)O[C@H]1CC[C@@]2(C)C(C1)C(=O)C[C@@H]1[C@@H]2CC[C@]2(C)C(=O)CC[C@@H]12.O=C(O)/C=C/C(=O)O. The number of rotatable bonds is 5. The van der Waals surface area contributed by atoms with E-state index >= 15 is 0 Å². The maximum Gasteiger partial charge on any atom is 0.328 e. The van der Waals surface area contributed by atoms with Crippen LogP contribution in [0.4, 0.5) is 0 Å². The van der Waals surface area contributed by atoms with E-state index in [1.807, 2.05) is 0 Å². The summed E-state index contributed by atoms with van der Waals surface area (Å²) in [6, 6.07) is -0.205. The van der Waals surface area contributed by atoms with Gasteiger partial charge in [0.15, 0.2) is 0 Å². The molecular formula is C27H39NO8. The molecule has 8 atom stereocenters. The lowest BCUT2D eigenvalue weighted by molar-refractivity contribution is -0.170. The Morgan fingerprint density at radius 2 is 1.69 bits per heavy atom. The Labute approximate surface area is 211 Å². The van der Waals surface area contributed by atoms with Gasteiger partial charge in [-0.05, 0) is 68.6 Å². The molecule has 200 valence electrons. The van der Waals surface area contributed by atoms with Gasteiger partial charge < -0.3 is 20.7 Å². The third-order valence-electron chi connectivity index (χ3n) is 9.27. The zero-order valence-corrected chi connectivity index (χ0v) is 21.4. The molecule has 0 spiro atoms. The summed E-state index contributed by atoms with van der Waals surface area (Å²) in [6.07, 6.45) is 7.89. The van der Waals surface area contributed by atoms with Crippen molar-refractivity contribution >= 4 is 29.5 Å². The van der Waals surface area contributed by atoms with E-state index in [1.54, 1.807) is 6.92 Å². The van der Waals surface area contributed by atoms with E-state index in [-0.39, 0.29) is 41.3 Å². The van der Waals surface area contributed by atoms with E-state index < -0.39 is 11.9 Å². The molecule has 4 fully saturated rings. The number of carboxylic acid groups (broad SMARTS) is 2. The van der Waals surface area contributed by atoms with E-state index in [0.29, 0.717) is 60.7 Å². The summed E-state index contributed by atoms with van der Waals surface area (Å²) in [7, 11) is 0. The van der Waals surface area contributed by atoms with Crippen LogP contribution in [0.3, 0.4) is 0 Å². The Morgan fingerprint density at radius 1 is 1.06 bits per heavy atom. The molecule has 4 aliphatic carbocycles. The number of Topliss-reactive ketones (excluding diaryl/α,β-unsaturated/α-hetero) is 2. The highest BCUT2D eigenvalue weighted by Gasteiger charge is 2.62. The highest BCUT2D eigenvalue weighted by molar-refractivity contribution is 5.89. The molecule has 4 saturated carbocycles. The zero-order valence-electron chi connectivity index (χ0n) is 21.4. The molecule has 0 saturated heterocycles. The molecule has 0 amide bonds. The minimum absolute atomic E-state index is 0.0166. The van der Waals surface area contributed by atoms with Gasteiger partial charge in [-0.1, -0.05) is 13.8 Å². The van der Waals surface area contributed by atoms with Gasteiger partial charge in [0.05, 0.1) is 6.42 Å². The first-order chi connectivity index (χ1) is 16.8. The number of esters is 1. The molecule has 4 N–H and O–H groups in total. The summed E-state index contributed by atoms with van der Waals surface area (Å²) in [4.78, 5) is 56.9. The van der Waals surface area contributed by atoms with Crippen molar-refractivity contribution in [2.24, 2.45) is 40.2 Å². The van der Waals surface area contributed by atoms with Crippen molar-refractivity contribution in [1.29, 1.82) is 0 Å². The van der Waals surface area contributed by atoms with Crippen LogP contribution in [0, 0.1) is 34.5 Å². The number of carboxylic acids is 2. The van der Waals surface area contributed by atoms with Crippen LogP contribution in [0.25, 0.3) is 0 Å². The average molecular weight is 506 g/mol. The Hall–Kier alpha value is -2.55. The molecule has 0 aromatic heterocycles. The molecule has 0 aliphatic heterocycles. The molecule has 9 heteroatoms. The number of carbonyl (C=O) groups excluding carboxylic acids is 3. The Bertz CT molecular complexity index is 926. The Kier molecular flexibility index (Phi) is 8.43. The van der Waals surface area contributed by atoms with Crippen LogP contribution in [-0.2, 0) is 28.7 Å². The van der Waals surface area contributed by atoms with Crippen LogP contribution < -0.4 is 5.73 Å². The smallest absolute Gasteiger partial charge is 0.328 e. The first-order valence-corrected chi connectivity index (χ1v) is 12.9. The Morgan fingerprint density at radius 3 is 2.28 bits per heavy atom. The van der Waals surface area contributed by atoms with Gasteiger partial charge in [0.25, 0.3) is 0 Å². The van der Waals surface area contributed by atoms with Gasteiger partial charge >= 0.3 is 17.9 Å². The quantitative estimate of drug-likeness (QED) is 0.376. The van der Waals surface area contributed by atoms with Gasteiger partial charge in [0.2, 0.25) is 0 Å². The highest BCUT2D eigenvalue weighted by Crippen LogP contribution is 2.64. The van der Waals surface area contributed by atoms with Crippen molar-refractivity contribution in [1.82, 2.24) is 0 Å². The maximum atomic E-state index is 13.2. The summed E-state index contributed by atoms with van der Waals surface area (Å²) in [6.45, 7) is 6.25. The number of fused-ring (bicyclic) bond motifs is 5. The molecule has 0 heterocycles. The zero-order chi connectivity index (χ0) is 26.8. The molecule has 0 aromatic carbocycles. The predicted molar refractivity (Wildman–Crippen MR) is 130 cm³/mol. The monoisotopic (exact) mass is 505 g/mol. The summed E-state index contributed by atoms with van der Waals surface area (Å²) < 4.78 is 5.66. The second-order valence-corrected chi connectivity index (χ2v) is 11.6. The largest absolute Gasteiger partial charge is 0.478 e. The van der Waals surface area contributed by atoms with Crippen molar-refractivity contribution in [2.45, 2.75) is 90.7 Å². The van der Waals surface area contributed by atoms with E-state index in [0.717, 1.165) is 32.1 Å². The van der Waals surface area contributed by atoms with Crippen molar-refractivity contribution < 1.29 is 38.9 Å². The summed E-state index contributed by atoms with van der Waals surface area (Å²) in [5, 5.41) is 15.6. The van der Waals surface area contributed by atoms with Gasteiger partial charge in [-0.25, -0.2) is 9.59 Å². The molecule has 36 heavy (non-hydrogen) atoms. The van der Waals surface area contributed by atoms with Gasteiger partial charge in [0, 0.05) is 42.4 Å². The number of ketones is 2. The van der Waals surface area contributed by atoms with Gasteiger partial charge in [-0.15, -0.1) is 0 Å². The van der Waals surface area contributed by atoms with Crippen molar-refractivity contribution in [3.05, 3.63) is 12.2 Å². The minimum Gasteiger partial charge on any atom is -0.478 e. The number of hydrogen-bond acceptors (Lipinski definition) is 7.